The second-order valence-electron chi connectivity index (χ2n) is 17.9. The average molecular weight is 1000 g/mol. The standard InChI is InChI=1S/C57H48N4O.Pt/c1-38-26-31-50(59-37-60(53-25-14-13-24-52(53)59)56-45(39-16-7-5-8-17-39)21-15-22-46(56)40-18-9-6-10-19-40)49-35-42(27-29-44(38)49)62-43-28-30-48-47-20-11-12-23-51(47)61(54(48)36-43)55-34-41(32-33-58-55)57(2,3)4;/h5-25,27-30,32-36,38,50H,26,31H2,1-4H3;. The Morgan fingerprint density at radius 1 is 0.556 bits per heavy atom. The number of aromatic nitrogens is 4. The van der Waals surface area contributed by atoms with E-state index in [1.54, 1.807) is 0 Å². The minimum absolute atomic E-state index is 0.00439. The summed E-state index contributed by atoms with van der Waals surface area (Å²) < 4.78 is 15.4. The second-order valence-corrected chi connectivity index (χ2v) is 19.0. The molecular weight excluding hydrogens is 952 g/mol. The van der Waals surface area contributed by atoms with Crippen LogP contribution in [0.4, 0.5) is 0 Å². The molecule has 0 saturated heterocycles. The van der Waals surface area contributed by atoms with Crippen LogP contribution in [0.1, 0.15) is 69.2 Å². The van der Waals surface area contributed by atoms with Gasteiger partial charge >= 0.3 is 302 Å². The van der Waals surface area contributed by atoms with Crippen LogP contribution in [-0.2, 0) is 24.8 Å². The maximum absolute atomic E-state index is 6.91. The van der Waals surface area contributed by atoms with Crippen LogP contribution >= 0.6 is 0 Å². The number of nitrogens with zero attached hydrogens (tertiary/aromatic N) is 4. The van der Waals surface area contributed by atoms with Gasteiger partial charge in [0.2, 0.25) is 0 Å². The minimum atomic E-state index is -0.00439. The molecule has 0 spiro atoms. The van der Waals surface area contributed by atoms with Crippen LogP contribution in [0.15, 0.2) is 182 Å². The average Bonchev–Trinajstić information content (AvgIpc) is 3.80. The summed E-state index contributed by atoms with van der Waals surface area (Å²) in [5.41, 5.74) is 14.5. The normalized spacial score (nSPS) is 15.3. The van der Waals surface area contributed by atoms with Gasteiger partial charge in [-0.3, -0.25) is 0 Å². The summed E-state index contributed by atoms with van der Waals surface area (Å²) in [7, 11) is 0. The van der Waals surface area contributed by atoms with Gasteiger partial charge < -0.3 is 0 Å². The zero-order chi connectivity index (χ0) is 42.8. The molecule has 0 N–H and O–H groups in total. The zero-order valence-corrected chi connectivity index (χ0v) is 38.2. The summed E-state index contributed by atoms with van der Waals surface area (Å²) in [4.78, 5) is 4.91. The first-order chi connectivity index (χ1) is 30.7. The summed E-state index contributed by atoms with van der Waals surface area (Å²) in [6.45, 7) is 9.11. The van der Waals surface area contributed by atoms with E-state index in [1.165, 1.54) is 66.4 Å². The number of rotatable bonds is 7. The molecule has 2 atom stereocenters. The van der Waals surface area contributed by atoms with Crippen LogP contribution in [0.5, 0.6) is 11.5 Å². The fourth-order valence-corrected chi connectivity index (χ4v) is 11.0. The molecule has 5 nitrogen and oxygen atoms in total. The van der Waals surface area contributed by atoms with Gasteiger partial charge in [-0.25, -0.2) is 4.98 Å². The number of benzene rings is 7. The summed E-state index contributed by atoms with van der Waals surface area (Å²) in [6.07, 6.45) is 4.05. The van der Waals surface area contributed by atoms with Crippen molar-refractivity contribution >= 4 is 32.8 Å². The van der Waals surface area contributed by atoms with E-state index in [2.05, 4.69) is 237 Å². The van der Waals surface area contributed by atoms with Crippen LogP contribution in [0, 0.1) is 3.80 Å². The van der Waals surface area contributed by atoms with E-state index < -0.39 is 0 Å². The first-order valence-corrected chi connectivity index (χ1v) is 23.1. The van der Waals surface area contributed by atoms with Gasteiger partial charge in [-0.05, 0) is 29.2 Å². The van der Waals surface area contributed by atoms with E-state index in [4.69, 9.17) is 9.72 Å². The molecule has 0 fully saturated rings. The van der Waals surface area contributed by atoms with Gasteiger partial charge in [-0.1, -0.05) is 39.0 Å². The number of pyridine rings is 1. The van der Waals surface area contributed by atoms with Crippen LogP contribution in [-0.4, -0.2) is 18.7 Å². The van der Waals surface area contributed by atoms with Crippen LogP contribution in [0.3, 0.4) is 0 Å². The quantitative estimate of drug-likeness (QED) is 0.160. The van der Waals surface area contributed by atoms with Crippen molar-refractivity contribution in [2.24, 2.45) is 0 Å². The Balaban J connectivity index is 1.05. The van der Waals surface area contributed by atoms with Crippen molar-refractivity contribution in [3.63, 3.8) is 0 Å². The van der Waals surface area contributed by atoms with Gasteiger partial charge in [0.25, 0.3) is 0 Å². The third kappa shape index (κ3) is 6.82. The van der Waals surface area contributed by atoms with E-state index in [1.807, 2.05) is 6.20 Å². The van der Waals surface area contributed by atoms with Crippen molar-refractivity contribution in [1.82, 2.24) is 18.7 Å². The first-order valence-electron chi connectivity index (χ1n) is 22.0. The Morgan fingerprint density at radius 2 is 1.17 bits per heavy atom. The van der Waals surface area contributed by atoms with Crippen molar-refractivity contribution in [3.8, 4) is 45.3 Å². The predicted octanol–water partition coefficient (Wildman–Crippen LogP) is 14.9. The molecule has 7 aromatic carbocycles. The molecule has 0 saturated carbocycles. The Bertz CT molecular complexity index is 3350. The van der Waals surface area contributed by atoms with Crippen molar-refractivity contribution in [1.29, 1.82) is 0 Å². The summed E-state index contributed by atoms with van der Waals surface area (Å²) in [5.74, 6) is 2.97. The Hall–Kier alpha value is -6.55. The topological polar surface area (TPSA) is 36.9 Å². The molecule has 1 aliphatic carbocycles. The predicted molar refractivity (Wildman–Crippen MR) is 255 cm³/mol. The van der Waals surface area contributed by atoms with E-state index in [0.29, 0.717) is 5.92 Å². The molecule has 0 bridgehead atoms. The molecule has 3 heterocycles. The van der Waals surface area contributed by atoms with Crippen LogP contribution in [0.25, 0.3) is 66.6 Å². The van der Waals surface area contributed by atoms with E-state index in [-0.39, 0.29) is 11.5 Å². The molecule has 2 unspecified atom stereocenters. The van der Waals surface area contributed by atoms with Gasteiger partial charge in [-0.2, -0.15) is 0 Å². The molecule has 3 aromatic heterocycles. The van der Waals surface area contributed by atoms with E-state index in [0.717, 1.165) is 45.0 Å². The molecule has 11 rings (SSSR count). The van der Waals surface area contributed by atoms with Crippen molar-refractivity contribution < 1.29 is 24.1 Å². The number of imidazole rings is 1. The number of para-hydroxylation sites is 4. The van der Waals surface area contributed by atoms with Gasteiger partial charge in [0.1, 0.15) is 0 Å². The summed E-state index contributed by atoms with van der Waals surface area (Å²) in [6, 6.07) is 63.6. The second kappa shape index (κ2) is 15.7. The molecule has 10 aromatic rings. The SMILES string of the molecule is CC1CCC(n2[c](=[Pt])n(-c3c(-c4ccccc4)cccc3-c3ccccc3)c3ccccc32)c2cc(Oc3ccc4c5ccccc5n(-c5cc(C(C)(C)C)ccn5)c4c3)ccc21. The third-order valence-corrected chi connectivity index (χ3v) is 14.1. The summed E-state index contributed by atoms with van der Waals surface area (Å²) in [5, 5.41) is 2.37. The first kappa shape index (κ1) is 39.3. The van der Waals surface area contributed by atoms with Crippen molar-refractivity contribution in [2.45, 2.75) is 57.9 Å². The molecule has 0 aliphatic heterocycles. The van der Waals surface area contributed by atoms with Gasteiger partial charge in [-0.15, -0.1) is 0 Å². The molecule has 0 radical (unpaired) electrons. The Labute approximate surface area is 379 Å². The Kier molecular flexibility index (Phi) is 9.77. The molecule has 6 heteroatoms. The van der Waals surface area contributed by atoms with Crippen LogP contribution in [0.2, 0.25) is 0 Å². The number of hydrogen-bond acceptors (Lipinski definition) is 2. The van der Waals surface area contributed by atoms with Crippen molar-refractivity contribution in [2.75, 3.05) is 0 Å². The number of hydrogen-bond donors (Lipinski definition) is 0. The fourth-order valence-electron chi connectivity index (χ4n) is 9.87. The van der Waals surface area contributed by atoms with Crippen molar-refractivity contribution in [3.05, 3.63) is 203 Å². The Morgan fingerprint density at radius 3 is 1.89 bits per heavy atom. The monoisotopic (exact) mass is 999 g/mol. The van der Waals surface area contributed by atoms with Gasteiger partial charge in [0.15, 0.2) is 0 Å². The van der Waals surface area contributed by atoms with E-state index in [9.17, 15) is 0 Å². The number of fused-ring (bicyclic) bond motifs is 5. The summed E-state index contributed by atoms with van der Waals surface area (Å²) >= 11 is 2.59. The molecule has 0 amide bonds. The van der Waals surface area contributed by atoms with E-state index >= 15 is 0 Å². The zero-order valence-electron chi connectivity index (χ0n) is 35.9. The maximum atomic E-state index is 6.91. The van der Waals surface area contributed by atoms with Crippen LogP contribution < -0.4 is 4.74 Å². The fraction of sp³-hybridized carbons (Fsp3) is 0.158. The molecule has 63 heavy (non-hydrogen) atoms. The third-order valence-electron chi connectivity index (χ3n) is 13.0. The van der Waals surface area contributed by atoms with Gasteiger partial charge in [0.05, 0.1) is 0 Å². The molecule has 1 aliphatic rings. The number of ether oxygens (including phenoxy) is 1. The molecule has 312 valence electrons. The van der Waals surface area contributed by atoms with Gasteiger partial charge in [0, 0.05) is 6.20 Å². The molecular formula is C57H48N4OPt.